The maximum absolute atomic E-state index is 12.9. The number of nitrogens with one attached hydrogen (secondary N) is 2. The molecule has 0 saturated heterocycles. The van der Waals surface area contributed by atoms with Crippen molar-refractivity contribution < 1.29 is 44.3 Å². The lowest BCUT2D eigenvalue weighted by Crippen LogP contribution is -2.20. The minimum Gasteiger partial charge on any atom is -0.482 e. The highest BCUT2D eigenvalue weighted by Crippen LogP contribution is 2.33. The van der Waals surface area contributed by atoms with E-state index >= 15 is 0 Å². The Morgan fingerprint density at radius 1 is 0.833 bits per heavy atom. The minimum atomic E-state index is -4.67. The zero-order chi connectivity index (χ0) is 26.7. The predicted octanol–water partition coefficient (Wildman–Crippen LogP) is 6.20. The fourth-order valence-electron chi connectivity index (χ4n) is 2.85. The summed E-state index contributed by atoms with van der Waals surface area (Å²) in [5, 5.41) is 1.99. The van der Waals surface area contributed by atoms with Crippen LogP contribution >= 0.6 is 11.6 Å². The molecule has 3 aromatic rings. The van der Waals surface area contributed by atoms with Crippen LogP contribution in [0.2, 0.25) is 5.02 Å². The van der Waals surface area contributed by atoms with Gasteiger partial charge in [-0.25, -0.2) is 8.42 Å². The molecule has 14 heteroatoms. The number of ether oxygens (including phenoxy) is 1. The van der Waals surface area contributed by atoms with E-state index in [4.69, 9.17) is 16.3 Å². The Balaban J connectivity index is 1.66. The molecule has 3 aromatic carbocycles. The van der Waals surface area contributed by atoms with Crippen LogP contribution in [0.5, 0.6) is 5.75 Å². The van der Waals surface area contributed by atoms with E-state index in [1.807, 2.05) is 4.72 Å². The Kier molecular flexibility index (Phi) is 7.74. The molecule has 0 aromatic heterocycles. The van der Waals surface area contributed by atoms with Crippen LogP contribution in [0.25, 0.3) is 0 Å². The number of alkyl halides is 6. The molecule has 0 saturated carbocycles. The molecular weight excluding hydrogens is 538 g/mol. The molecule has 0 bridgehead atoms. The minimum absolute atomic E-state index is 0.117. The Bertz CT molecular complexity index is 1380. The molecule has 36 heavy (non-hydrogen) atoms. The second-order valence-electron chi connectivity index (χ2n) is 7.19. The number of sulfonamides is 1. The number of amides is 1. The lowest BCUT2D eigenvalue weighted by atomic mass is 10.2. The molecule has 2 N–H and O–H groups in total. The Morgan fingerprint density at radius 2 is 1.39 bits per heavy atom. The van der Waals surface area contributed by atoms with Crippen LogP contribution in [0.15, 0.2) is 71.6 Å². The number of hydrogen-bond donors (Lipinski definition) is 2. The highest BCUT2D eigenvalue weighted by molar-refractivity contribution is 7.92. The van der Waals surface area contributed by atoms with Crippen LogP contribution < -0.4 is 14.8 Å². The van der Waals surface area contributed by atoms with Gasteiger partial charge < -0.3 is 10.1 Å². The largest absolute Gasteiger partial charge is 0.482 e. The molecule has 1 amide bonds. The highest BCUT2D eigenvalue weighted by Gasteiger charge is 2.31. The number of halogens is 7. The zero-order valence-electron chi connectivity index (χ0n) is 17.7. The van der Waals surface area contributed by atoms with Crippen molar-refractivity contribution in [2.75, 3.05) is 16.6 Å². The van der Waals surface area contributed by atoms with E-state index in [2.05, 4.69) is 5.32 Å². The average molecular weight is 553 g/mol. The lowest BCUT2D eigenvalue weighted by Gasteiger charge is -2.13. The summed E-state index contributed by atoms with van der Waals surface area (Å²) >= 11 is 6.02. The van der Waals surface area contributed by atoms with E-state index in [0.29, 0.717) is 6.07 Å². The Labute approximate surface area is 205 Å². The molecule has 0 unspecified atom stereocenters. The van der Waals surface area contributed by atoms with Gasteiger partial charge in [0.1, 0.15) is 5.75 Å². The number of hydrogen-bond acceptors (Lipinski definition) is 4. The monoisotopic (exact) mass is 552 g/mol. The van der Waals surface area contributed by atoms with Gasteiger partial charge in [-0.3, -0.25) is 9.52 Å². The van der Waals surface area contributed by atoms with Gasteiger partial charge in [0.25, 0.3) is 15.9 Å². The first-order valence-electron chi connectivity index (χ1n) is 9.75. The topological polar surface area (TPSA) is 84.5 Å². The molecular formula is C22H15ClF6N2O4S. The third kappa shape index (κ3) is 7.04. The molecule has 192 valence electrons. The van der Waals surface area contributed by atoms with Gasteiger partial charge in [-0.2, -0.15) is 26.3 Å². The summed E-state index contributed by atoms with van der Waals surface area (Å²) in [6.07, 6.45) is -9.26. The van der Waals surface area contributed by atoms with Gasteiger partial charge in [-0.1, -0.05) is 23.7 Å². The number of benzene rings is 3. The molecule has 6 nitrogen and oxygen atoms in total. The molecule has 0 aliphatic heterocycles. The van der Waals surface area contributed by atoms with Crippen LogP contribution in [0.4, 0.5) is 37.7 Å². The summed E-state index contributed by atoms with van der Waals surface area (Å²) in [7, 11) is -4.33. The van der Waals surface area contributed by atoms with Crippen molar-refractivity contribution in [1.82, 2.24) is 0 Å². The van der Waals surface area contributed by atoms with Crippen molar-refractivity contribution in [1.29, 1.82) is 0 Å². The van der Waals surface area contributed by atoms with Gasteiger partial charge >= 0.3 is 12.4 Å². The fourth-order valence-corrected chi connectivity index (χ4v) is 4.23. The third-order valence-corrected chi connectivity index (χ3v) is 6.16. The summed E-state index contributed by atoms with van der Waals surface area (Å²) in [5.41, 5.74) is -2.45. The van der Waals surface area contributed by atoms with E-state index < -0.39 is 50.9 Å². The van der Waals surface area contributed by atoms with E-state index in [1.165, 1.54) is 6.07 Å². The van der Waals surface area contributed by atoms with E-state index in [1.54, 1.807) is 0 Å². The first-order valence-corrected chi connectivity index (χ1v) is 11.6. The highest BCUT2D eigenvalue weighted by atomic mass is 35.5. The molecule has 3 rings (SSSR count). The van der Waals surface area contributed by atoms with E-state index in [0.717, 1.165) is 54.6 Å². The Morgan fingerprint density at radius 3 is 1.94 bits per heavy atom. The van der Waals surface area contributed by atoms with Crippen molar-refractivity contribution in [2.45, 2.75) is 17.2 Å². The van der Waals surface area contributed by atoms with E-state index in [9.17, 15) is 39.6 Å². The molecule has 0 spiro atoms. The van der Waals surface area contributed by atoms with Gasteiger partial charge in [0.15, 0.2) is 6.61 Å². The van der Waals surface area contributed by atoms with Gasteiger partial charge in [-0.05, 0) is 54.6 Å². The smallest absolute Gasteiger partial charge is 0.416 e. The van der Waals surface area contributed by atoms with Gasteiger partial charge in [0.2, 0.25) is 0 Å². The first-order chi connectivity index (χ1) is 16.6. The summed E-state index contributed by atoms with van der Waals surface area (Å²) in [4.78, 5) is 11.6. The standard InChI is InChI=1S/C22H15ClF6N2O4S/c23-18-11-17(36(33,34)31-16-6-2-4-14(10-16)22(27,28)29)7-8-19(18)35-12-20(32)30-15-5-1-3-13(9-15)21(24,25)26/h1-11,31H,12H2,(H,30,32). The maximum Gasteiger partial charge on any atom is 0.416 e. The van der Waals surface area contributed by atoms with Crippen molar-refractivity contribution in [3.63, 3.8) is 0 Å². The quantitative estimate of drug-likeness (QED) is 0.342. The number of rotatable bonds is 7. The number of anilines is 2. The van der Waals surface area contributed by atoms with Crippen LogP contribution in [-0.2, 0) is 27.2 Å². The molecule has 0 aliphatic rings. The molecule has 0 atom stereocenters. The van der Waals surface area contributed by atoms with Crippen LogP contribution in [0, 0.1) is 0 Å². The SMILES string of the molecule is O=C(COc1ccc(S(=O)(=O)Nc2cccc(C(F)(F)F)c2)cc1Cl)Nc1cccc(C(F)(F)F)c1. The third-order valence-electron chi connectivity index (χ3n) is 4.49. The fraction of sp³-hybridized carbons (Fsp3) is 0.136. The Hall–Kier alpha value is -3.45. The summed E-state index contributed by atoms with van der Waals surface area (Å²) in [5.74, 6) is -0.929. The second-order valence-corrected chi connectivity index (χ2v) is 9.28. The summed E-state index contributed by atoms with van der Waals surface area (Å²) < 4.78 is 109. The van der Waals surface area contributed by atoms with Crippen LogP contribution in [0.3, 0.4) is 0 Å². The van der Waals surface area contributed by atoms with Crippen molar-refractivity contribution in [2.24, 2.45) is 0 Å². The molecule has 0 radical (unpaired) electrons. The molecule has 0 aliphatic carbocycles. The molecule has 0 fully saturated rings. The zero-order valence-corrected chi connectivity index (χ0v) is 19.3. The predicted molar refractivity (Wildman–Crippen MR) is 119 cm³/mol. The van der Waals surface area contributed by atoms with Crippen LogP contribution in [-0.4, -0.2) is 20.9 Å². The maximum atomic E-state index is 12.9. The number of carbonyl (C=O) groups excluding carboxylic acids is 1. The van der Waals surface area contributed by atoms with Gasteiger partial charge in [0, 0.05) is 11.4 Å². The molecule has 0 heterocycles. The van der Waals surface area contributed by atoms with Crippen molar-refractivity contribution in [3.05, 3.63) is 82.9 Å². The summed E-state index contributed by atoms with van der Waals surface area (Å²) in [6, 6.07) is 10.6. The first kappa shape index (κ1) is 27.1. The van der Waals surface area contributed by atoms with Crippen molar-refractivity contribution >= 4 is 38.9 Å². The van der Waals surface area contributed by atoms with Crippen LogP contribution in [0.1, 0.15) is 11.1 Å². The summed E-state index contributed by atoms with van der Waals surface area (Å²) in [6.45, 7) is -0.662. The normalized spacial score (nSPS) is 12.2. The van der Waals surface area contributed by atoms with Gasteiger partial charge in [0.05, 0.1) is 21.0 Å². The van der Waals surface area contributed by atoms with Crippen molar-refractivity contribution in [3.8, 4) is 5.75 Å². The van der Waals surface area contributed by atoms with Gasteiger partial charge in [-0.15, -0.1) is 0 Å². The lowest BCUT2D eigenvalue weighted by molar-refractivity contribution is -0.138. The average Bonchev–Trinajstić information content (AvgIpc) is 2.77. The van der Waals surface area contributed by atoms with E-state index in [-0.39, 0.29) is 22.1 Å². The second kappa shape index (κ2) is 10.3. The number of carbonyl (C=O) groups is 1.